The summed E-state index contributed by atoms with van der Waals surface area (Å²) in [5, 5.41) is 2.61. The first-order valence-electron chi connectivity index (χ1n) is 10.1. The number of anilines is 2. The van der Waals surface area contributed by atoms with Gasteiger partial charge in [0, 0.05) is 5.69 Å². The zero-order chi connectivity index (χ0) is 24.7. The maximum Gasteiger partial charge on any atom is 0.339 e. The Labute approximate surface area is 197 Å². The van der Waals surface area contributed by atoms with Gasteiger partial charge in [0.05, 0.1) is 30.4 Å². The zero-order valence-electron chi connectivity index (χ0n) is 18.8. The predicted octanol–water partition coefficient (Wildman–Crippen LogP) is 3.61. The molecule has 0 saturated carbocycles. The van der Waals surface area contributed by atoms with E-state index in [1.807, 2.05) is 0 Å². The normalized spacial score (nSPS) is 10.8. The van der Waals surface area contributed by atoms with Crippen molar-refractivity contribution in [2.75, 3.05) is 30.9 Å². The number of nitrogens with one attached hydrogen (secondary N) is 2. The maximum absolute atomic E-state index is 12.7. The monoisotopic (exact) mass is 484 g/mol. The third-order valence-electron chi connectivity index (χ3n) is 4.76. The van der Waals surface area contributed by atoms with E-state index in [2.05, 4.69) is 10.0 Å². The third-order valence-corrected chi connectivity index (χ3v) is 6.14. The summed E-state index contributed by atoms with van der Waals surface area (Å²) in [4.78, 5) is 24.2. The highest BCUT2D eigenvalue weighted by atomic mass is 32.2. The molecular weight excluding hydrogens is 460 g/mol. The van der Waals surface area contributed by atoms with Crippen molar-refractivity contribution in [1.82, 2.24) is 0 Å². The fraction of sp³-hybridized carbons (Fsp3) is 0.167. The molecule has 0 unspecified atom stereocenters. The van der Waals surface area contributed by atoms with Gasteiger partial charge < -0.3 is 19.5 Å². The average Bonchev–Trinajstić information content (AvgIpc) is 2.83. The summed E-state index contributed by atoms with van der Waals surface area (Å²) in [6, 6.07) is 17.2. The second kappa shape index (κ2) is 10.7. The second-order valence-electron chi connectivity index (χ2n) is 7.14. The Morgan fingerprint density at radius 1 is 0.941 bits per heavy atom. The van der Waals surface area contributed by atoms with Crippen molar-refractivity contribution < 1.29 is 32.2 Å². The van der Waals surface area contributed by atoms with E-state index in [0.29, 0.717) is 28.4 Å². The number of hydrogen-bond donors (Lipinski definition) is 2. The van der Waals surface area contributed by atoms with Crippen molar-refractivity contribution in [2.24, 2.45) is 0 Å². The molecule has 0 saturated heterocycles. The van der Waals surface area contributed by atoms with Gasteiger partial charge in [-0.3, -0.25) is 9.52 Å². The highest BCUT2D eigenvalue weighted by molar-refractivity contribution is 7.92. The lowest BCUT2D eigenvalue weighted by molar-refractivity contribution is -0.118. The quantitative estimate of drug-likeness (QED) is 0.445. The molecule has 0 heterocycles. The Balaban J connectivity index is 1.65. The molecule has 178 valence electrons. The Bertz CT molecular complexity index is 1290. The molecule has 34 heavy (non-hydrogen) atoms. The number of benzene rings is 3. The van der Waals surface area contributed by atoms with E-state index in [0.717, 1.165) is 0 Å². The molecule has 0 aliphatic rings. The molecule has 3 rings (SSSR count). The van der Waals surface area contributed by atoms with Crippen molar-refractivity contribution >= 4 is 33.3 Å². The van der Waals surface area contributed by atoms with E-state index in [4.69, 9.17) is 14.2 Å². The minimum atomic E-state index is -3.83. The summed E-state index contributed by atoms with van der Waals surface area (Å²) in [5.74, 6) is -0.112. The lowest BCUT2D eigenvalue weighted by Gasteiger charge is -2.13. The van der Waals surface area contributed by atoms with Gasteiger partial charge in [0.25, 0.3) is 15.9 Å². The van der Waals surface area contributed by atoms with Crippen molar-refractivity contribution in [3.05, 3.63) is 77.9 Å². The number of aryl methyl sites for hydroxylation is 1. The fourth-order valence-corrected chi connectivity index (χ4v) is 4.18. The van der Waals surface area contributed by atoms with Gasteiger partial charge in [0.15, 0.2) is 6.61 Å². The number of esters is 1. The molecule has 10 heteroatoms. The highest BCUT2D eigenvalue weighted by Gasteiger charge is 2.17. The summed E-state index contributed by atoms with van der Waals surface area (Å²) >= 11 is 0. The number of carbonyl (C=O) groups is 2. The first-order valence-corrected chi connectivity index (χ1v) is 11.6. The molecule has 0 bridgehead atoms. The van der Waals surface area contributed by atoms with Crippen LogP contribution >= 0.6 is 0 Å². The van der Waals surface area contributed by atoms with Crippen molar-refractivity contribution in [3.8, 4) is 11.5 Å². The van der Waals surface area contributed by atoms with Crippen LogP contribution in [0.25, 0.3) is 0 Å². The number of sulfonamides is 1. The predicted molar refractivity (Wildman–Crippen MR) is 127 cm³/mol. The van der Waals surface area contributed by atoms with E-state index in [1.54, 1.807) is 49.4 Å². The van der Waals surface area contributed by atoms with Crippen LogP contribution in [0.1, 0.15) is 15.9 Å². The molecule has 3 aromatic rings. The zero-order valence-corrected chi connectivity index (χ0v) is 19.6. The van der Waals surface area contributed by atoms with Crippen molar-refractivity contribution in [1.29, 1.82) is 0 Å². The van der Waals surface area contributed by atoms with Crippen LogP contribution in [0.5, 0.6) is 11.5 Å². The number of methoxy groups -OCH3 is 2. The van der Waals surface area contributed by atoms with Gasteiger partial charge in [-0.25, -0.2) is 13.2 Å². The standard InChI is InChI=1S/C24H24N2O7S/c1-16-14-19(34(29,30)26-17-8-10-18(31-2)11-9-17)12-13-22(16)33-15-23(27)25-21-7-5-4-6-20(21)24(28)32-3/h4-14,26H,15H2,1-3H3,(H,25,27). The molecule has 3 aromatic carbocycles. The minimum absolute atomic E-state index is 0.0459. The Hall–Kier alpha value is -4.05. The lowest BCUT2D eigenvalue weighted by Crippen LogP contribution is -2.22. The van der Waals surface area contributed by atoms with Crippen LogP contribution in [-0.2, 0) is 19.6 Å². The van der Waals surface area contributed by atoms with Gasteiger partial charge in [-0.15, -0.1) is 0 Å². The maximum atomic E-state index is 12.7. The largest absolute Gasteiger partial charge is 0.497 e. The van der Waals surface area contributed by atoms with Crippen LogP contribution in [0, 0.1) is 6.92 Å². The van der Waals surface area contributed by atoms with Gasteiger partial charge in [-0.2, -0.15) is 0 Å². The van der Waals surface area contributed by atoms with E-state index in [1.165, 1.54) is 38.5 Å². The molecule has 0 aliphatic carbocycles. The van der Waals surface area contributed by atoms with Gasteiger partial charge >= 0.3 is 5.97 Å². The molecule has 0 spiro atoms. The smallest absolute Gasteiger partial charge is 0.339 e. The molecule has 0 atom stereocenters. The number of para-hydroxylation sites is 1. The molecule has 9 nitrogen and oxygen atoms in total. The number of ether oxygens (including phenoxy) is 3. The first kappa shape index (κ1) is 24.6. The molecule has 0 radical (unpaired) electrons. The van der Waals surface area contributed by atoms with Crippen LogP contribution in [-0.4, -0.2) is 41.1 Å². The van der Waals surface area contributed by atoms with Crippen molar-refractivity contribution in [3.63, 3.8) is 0 Å². The number of rotatable bonds is 9. The van der Waals surface area contributed by atoms with Crippen LogP contribution in [0.3, 0.4) is 0 Å². The fourth-order valence-electron chi connectivity index (χ4n) is 3.03. The summed E-state index contributed by atoms with van der Waals surface area (Å²) in [6.45, 7) is 1.33. The number of hydrogen-bond acceptors (Lipinski definition) is 7. The van der Waals surface area contributed by atoms with Crippen molar-refractivity contribution in [2.45, 2.75) is 11.8 Å². The van der Waals surface area contributed by atoms with E-state index in [-0.39, 0.29) is 17.1 Å². The summed E-state index contributed by atoms with van der Waals surface area (Å²) in [5.41, 5.74) is 1.43. The van der Waals surface area contributed by atoms with E-state index >= 15 is 0 Å². The molecule has 0 aliphatic heterocycles. The topological polar surface area (TPSA) is 120 Å². The van der Waals surface area contributed by atoms with Gasteiger partial charge in [0.1, 0.15) is 11.5 Å². The molecule has 2 N–H and O–H groups in total. The number of carbonyl (C=O) groups excluding carboxylic acids is 2. The summed E-state index contributed by atoms with van der Waals surface area (Å²) in [7, 11) is -1.05. The van der Waals surface area contributed by atoms with Gasteiger partial charge in [-0.05, 0) is 67.1 Å². The molecular formula is C24H24N2O7S. The highest BCUT2D eigenvalue weighted by Crippen LogP contribution is 2.24. The number of amides is 1. The molecule has 0 fully saturated rings. The van der Waals surface area contributed by atoms with Crippen LogP contribution < -0.4 is 19.5 Å². The van der Waals surface area contributed by atoms with E-state index in [9.17, 15) is 18.0 Å². The summed E-state index contributed by atoms with van der Waals surface area (Å²) < 4.78 is 43.3. The molecule has 1 amide bonds. The SMILES string of the molecule is COC(=O)c1ccccc1NC(=O)COc1ccc(S(=O)(=O)Nc2ccc(OC)cc2)cc1C. The lowest BCUT2D eigenvalue weighted by atomic mass is 10.2. The van der Waals surface area contributed by atoms with Crippen LogP contribution in [0.15, 0.2) is 71.6 Å². The van der Waals surface area contributed by atoms with Crippen LogP contribution in [0.4, 0.5) is 11.4 Å². The molecule has 0 aromatic heterocycles. The minimum Gasteiger partial charge on any atom is -0.497 e. The second-order valence-corrected chi connectivity index (χ2v) is 8.82. The van der Waals surface area contributed by atoms with Crippen LogP contribution in [0.2, 0.25) is 0 Å². The average molecular weight is 485 g/mol. The Morgan fingerprint density at radius 3 is 2.29 bits per heavy atom. The Morgan fingerprint density at radius 2 is 1.65 bits per heavy atom. The Kier molecular flexibility index (Phi) is 7.75. The third kappa shape index (κ3) is 6.04. The summed E-state index contributed by atoms with van der Waals surface area (Å²) in [6.07, 6.45) is 0. The van der Waals surface area contributed by atoms with Gasteiger partial charge in [0.2, 0.25) is 0 Å². The van der Waals surface area contributed by atoms with E-state index < -0.39 is 21.9 Å². The van der Waals surface area contributed by atoms with Gasteiger partial charge in [-0.1, -0.05) is 12.1 Å². The first-order chi connectivity index (χ1) is 16.2.